The van der Waals surface area contributed by atoms with Crippen molar-refractivity contribution in [2.24, 2.45) is 11.8 Å². The van der Waals surface area contributed by atoms with Gasteiger partial charge in [-0.05, 0) is 67.6 Å². The first-order valence-corrected chi connectivity index (χ1v) is 8.03. The first-order valence-electron chi connectivity index (χ1n) is 7.24. The van der Waals surface area contributed by atoms with Crippen molar-refractivity contribution in [2.45, 2.75) is 31.7 Å². The number of carbonyl (C=O) groups excluding carboxylic acids is 1. The minimum absolute atomic E-state index is 0.233. The summed E-state index contributed by atoms with van der Waals surface area (Å²) < 4.78 is 0. The lowest BCUT2D eigenvalue weighted by Crippen LogP contribution is -2.50. The monoisotopic (exact) mass is 323 g/mol. The molecule has 2 aliphatic rings. The predicted octanol–water partition coefficient (Wildman–Crippen LogP) is 2.64. The highest BCUT2D eigenvalue weighted by Crippen LogP contribution is 2.44. The third-order valence-electron chi connectivity index (χ3n) is 4.45. The summed E-state index contributed by atoms with van der Waals surface area (Å²) in [4.78, 5) is 11.9. The summed E-state index contributed by atoms with van der Waals surface area (Å²) in [5.41, 5.74) is 5.91. The van der Waals surface area contributed by atoms with Crippen LogP contribution in [0.1, 0.15) is 36.0 Å². The second kappa shape index (κ2) is 6.20. The van der Waals surface area contributed by atoms with Crippen LogP contribution in [0.25, 0.3) is 0 Å². The van der Waals surface area contributed by atoms with E-state index in [1.165, 1.54) is 25.7 Å². The number of hydrogen-bond donors (Lipinski definition) is 3. The Morgan fingerprint density at radius 1 is 1.14 bits per heavy atom. The van der Waals surface area contributed by atoms with Crippen LogP contribution in [0.2, 0.25) is 5.02 Å². The van der Waals surface area contributed by atoms with Gasteiger partial charge in [-0.1, -0.05) is 18.0 Å². The van der Waals surface area contributed by atoms with Gasteiger partial charge < -0.3 is 5.32 Å². The Labute approximate surface area is 134 Å². The molecule has 2 fully saturated rings. The van der Waals surface area contributed by atoms with Gasteiger partial charge in [-0.25, -0.2) is 0 Å². The SMILES string of the molecule is O=C(NNC(=S)N[C@H]1C[C@H]2CC[C@H]1C2)c1ccc(Cl)cc1. The van der Waals surface area contributed by atoms with Crippen molar-refractivity contribution in [1.82, 2.24) is 16.2 Å². The molecule has 0 spiro atoms. The summed E-state index contributed by atoms with van der Waals surface area (Å²) in [5.74, 6) is 1.37. The largest absolute Gasteiger partial charge is 0.358 e. The molecule has 3 N–H and O–H groups in total. The van der Waals surface area contributed by atoms with Crippen molar-refractivity contribution in [3.63, 3.8) is 0 Å². The van der Waals surface area contributed by atoms with Crippen LogP contribution in [0.4, 0.5) is 0 Å². The lowest BCUT2D eigenvalue weighted by Gasteiger charge is -2.24. The topological polar surface area (TPSA) is 53.2 Å². The van der Waals surface area contributed by atoms with E-state index in [0.29, 0.717) is 21.7 Å². The molecule has 1 aromatic rings. The van der Waals surface area contributed by atoms with Crippen LogP contribution >= 0.6 is 23.8 Å². The Balaban J connectivity index is 1.45. The van der Waals surface area contributed by atoms with E-state index in [4.69, 9.17) is 23.8 Å². The van der Waals surface area contributed by atoms with Crippen LogP contribution < -0.4 is 16.2 Å². The summed E-state index contributed by atoms with van der Waals surface area (Å²) in [6.07, 6.45) is 5.16. The number of nitrogens with one attached hydrogen (secondary N) is 3. The van der Waals surface area contributed by atoms with Gasteiger partial charge in [0.15, 0.2) is 5.11 Å². The standard InChI is InChI=1S/C15H18ClN3OS/c16-12-5-3-10(4-6-12)14(20)18-19-15(21)17-13-8-9-1-2-11(13)7-9/h3-6,9,11,13H,1-2,7-8H2,(H,18,20)(H2,17,19,21)/t9-,11-,13-/m0/s1. The Morgan fingerprint density at radius 3 is 2.52 bits per heavy atom. The summed E-state index contributed by atoms with van der Waals surface area (Å²) in [6.45, 7) is 0. The van der Waals surface area contributed by atoms with Gasteiger partial charge in [0, 0.05) is 16.6 Å². The molecule has 0 aromatic heterocycles. The average molecular weight is 324 g/mol. The van der Waals surface area contributed by atoms with Crippen molar-refractivity contribution < 1.29 is 4.79 Å². The fourth-order valence-corrected chi connectivity index (χ4v) is 3.74. The van der Waals surface area contributed by atoms with E-state index in [-0.39, 0.29) is 5.91 Å². The predicted molar refractivity (Wildman–Crippen MR) is 87.0 cm³/mol. The maximum Gasteiger partial charge on any atom is 0.269 e. The first kappa shape index (κ1) is 14.6. The van der Waals surface area contributed by atoms with Gasteiger partial charge in [-0.3, -0.25) is 15.6 Å². The second-order valence-corrected chi connectivity index (χ2v) is 6.69. The third kappa shape index (κ3) is 3.47. The highest BCUT2D eigenvalue weighted by atomic mass is 35.5. The number of hydrogen-bond acceptors (Lipinski definition) is 2. The van der Waals surface area contributed by atoms with Gasteiger partial charge in [0.05, 0.1) is 0 Å². The molecule has 21 heavy (non-hydrogen) atoms. The summed E-state index contributed by atoms with van der Waals surface area (Å²) >= 11 is 11.0. The van der Waals surface area contributed by atoms with Gasteiger partial charge in [0.2, 0.25) is 0 Å². The van der Waals surface area contributed by atoms with Crippen LogP contribution in [0, 0.1) is 11.8 Å². The number of carbonyl (C=O) groups is 1. The number of hydrazine groups is 1. The van der Waals surface area contributed by atoms with Crippen molar-refractivity contribution in [3.8, 4) is 0 Å². The molecule has 0 aliphatic heterocycles. The summed E-state index contributed by atoms with van der Waals surface area (Å²) in [5, 5.41) is 4.40. The number of benzene rings is 1. The fraction of sp³-hybridized carbons (Fsp3) is 0.467. The van der Waals surface area contributed by atoms with Gasteiger partial charge in [0.1, 0.15) is 0 Å². The first-order chi connectivity index (χ1) is 10.1. The number of amides is 1. The lowest BCUT2D eigenvalue weighted by atomic mass is 9.96. The molecule has 6 heteroatoms. The molecule has 1 aromatic carbocycles. The highest BCUT2D eigenvalue weighted by molar-refractivity contribution is 7.80. The molecule has 112 valence electrons. The van der Waals surface area contributed by atoms with Crippen molar-refractivity contribution in [3.05, 3.63) is 34.9 Å². The van der Waals surface area contributed by atoms with E-state index >= 15 is 0 Å². The molecule has 2 bridgehead atoms. The molecule has 0 saturated heterocycles. The minimum Gasteiger partial charge on any atom is -0.358 e. The zero-order chi connectivity index (χ0) is 14.8. The molecule has 2 aliphatic carbocycles. The van der Waals surface area contributed by atoms with Gasteiger partial charge in [0.25, 0.3) is 5.91 Å². The Bertz CT molecular complexity index is 548. The van der Waals surface area contributed by atoms with Crippen molar-refractivity contribution in [1.29, 1.82) is 0 Å². The van der Waals surface area contributed by atoms with E-state index in [9.17, 15) is 4.79 Å². The number of thiocarbonyl (C=S) groups is 1. The molecule has 3 atom stereocenters. The molecule has 0 heterocycles. The zero-order valence-electron chi connectivity index (χ0n) is 11.6. The van der Waals surface area contributed by atoms with Crippen LogP contribution in [-0.4, -0.2) is 17.1 Å². The van der Waals surface area contributed by atoms with Crippen molar-refractivity contribution in [2.75, 3.05) is 0 Å². The van der Waals surface area contributed by atoms with E-state index in [0.717, 1.165) is 11.8 Å². The maximum atomic E-state index is 11.9. The zero-order valence-corrected chi connectivity index (χ0v) is 13.1. The van der Waals surface area contributed by atoms with E-state index in [2.05, 4.69) is 16.2 Å². The number of rotatable bonds is 2. The Hall–Kier alpha value is -1.33. The van der Waals surface area contributed by atoms with E-state index in [1.807, 2.05) is 0 Å². The Kier molecular flexibility index (Phi) is 4.31. The van der Waals surface area contributed by atoms with Gasteiger partial charge in [-0.15, -0.1) is 0 Å². The molecule has 0 unspecified atom stereocenters. The van der Waals surface area contributed by atoms with Crippen LogP contribution in [-0.2, 0) is 0 Å². The molecule has 1 amide bonds. The van der Waals surface area contributed by atoms with Gasteiger partial charge >= 0.3 is 0 Å². The molecule has 3 rings (SSSR count). The van der Waals surface area contributed by atoms with Crippen LogP contribution in [0.5, 0.6) is 0 Å². The fourth-order valence-electron chi connectivity index (χ4n) is 3.41. The Morgan fingerprint density at radius 2 is 1.90 bits per heavy atom. The smallest absolute Gasteiger partial charge is 0.269 e. The lowest BCUT2D eigenvalue weighted by molar-refractivity contribution is 0.0943. The molecule has 4 nitrogen and oxygen atoms in total. The molecular weight excluding hydrogens is 306 g/mol. The molecule has 0 radical (unpaired) electrons. The molecular formula is C15H18ClN3OS. The van der Waals surface area contributed by atoms with E-state index in [1.54, 1.807) is 24.3 Å². The minimum atomic E-state index is -0.233. The number of halogens is 1. The third-order valence-corrected chi connectivity index (χ3v) is 4.92. The number of fused-ring (bicyclic) bond motifs is 2. The highest BCUT2D eigenvalue weighted by Gasteiger charge is 2.39. The molecule has 2 saturated carbocycles. The summed E-state index contributed by atoms with van der Waals surface area (Å²) in [7, 11) is 0. The van der Waals surface area contributed by atoms with Crippen LogP contribution in [0.15, 0.2) is 24.3 Å². The average Bonchev–Trinajstić information content (AvgIpc) is 3.08. The summed E-state index contributed by atoms with van der Waals surface area (Å²) in [6, 6.07) is 7.17. The second-order valence-electron chi connectivity index (χ2n) is 5.84. The quantitative estimate of drug-likeness (QED) is 0.578. The van der Waals surface area contributed by atoms with Crippen LogP contribution in [0.3, 0.4) is 0 Å². The van der Waals surface area contributed by atoms with E-state index < -0.39 is 0 Å². The maximum absolute atomic E-state index is 11.9. The normalized spacial score (nSPS) is 26.4. The van der Waals surface area contributed by atoms with Gasteiger partial charge in [-0.2, -0.15) is 0 Å². The van der Waals surface area contributed by atoms with Crippen molar-refractivity contribution >= 4 is 34.8 Å².